The molecule has 1 N–H and O–H groups in total. The molecule has 0 aliphatic carbocycles. The molecule has 9 heteroatoms. The second kappa shape index (κ2) is 7.40. The number of hydrogen-bond acceptors (Lipinski definition) is 2. The van der Waals surface area contributed by atoms with Gasteiger partial charge in [-0.25, -0.2) is 4.39 Å². The highest BCUT2D eigenvalue weighted by Crippen LogP contribution is 2.29. The molecule has 0 aliphatic heterocycles. The Morgan fingerprint density at radius 3 is 2.63 bits per heavy atom. The van der Waals surface area contributed by atoms with Crippen LogP contribution in [0.5, 0.6) is 0 Å². The summed E-state index contributed by atoms with van der Waals surface area (Å²) >= 11 is 5.96. The largest absolute Gasteiger partial charge is 0.416 e. The number of alkyl halides is 3. The van der Waals surface area contributed by atoms with Gasteiger partial charge in [-0.2, -0.15) is 18.3 Å². The van der Waals surface area contributed by atoms with Crippen LogP contribution in [-0.2, 0) is 12.7 Å². The van der Waals surface area contributed by atoms with E-state index in [4.69, 9.17) is 11.6 Å². The Balaban J connectivity index is 1.73. The minimum absolute atomic E-state index is 0.0327. The van der Waals surface area contributed by atoms with Gasteiger partial charge in [0, 0.05) is 22.3 Å². The first-order valence-corrected chi connectivity index (χ1v) is 8.06. The fourth-order valence-electron chi connectivity index (χ4n) is 2.40. The van der Waals surface area contributed by atoms with E-state index in [1.807, 2.05) is 0 Å². The third-order valence-electron chi connectivity index (χ3n) is 3.72. The maximum atomic E-state index is 13.8. The van der Waals surface area contributed by atoms with Crippen molar-refractivity contribution in [1.82, 2.24) is 9.78 Å². The predicted molar refractivity (Wildman–Crippen MR) is 92.1 cm³/mol. The molecule has 4 nitrogen and oxygen atoms in total. The third kappa shape index (κ3) is 4.46. The van der Waals surface area contributed by atoms with E-state index in [0.717, 1.165) is 18.2 Å². The van der Waals surface area contributed by atoms with Crippen molar-refractivity contribution in [3.8, 4) is 0 Å². The first-order chi connectivity index (χ1) is 12.7. The normalized spacial score (nSPS) is 11.4. The van der Waals surface area contributed by atoms with Gasteiger partial charge >= 0.3 is 6.18 Å². The number of nitrogens with one attached hydrogen (secondary N) is 1. The van der Waals surface area contributed by atoms with Crippen LogP contribution in [-0.4, -0.2) is 15.7 Å². The van der Waals surface area contributed by atoms with E-state index < -0.39 is 23.5 Å². The Kier molecular flexibility index (Phi) is 5.18. The molecule has 140 valence electrons. The lowest BCUT2D eigenvalue weighted by atomic mass is 10.1. The molecule has 3 aromatic rings. The highest BCUT2D eigenvalue weighted by Gasteiger charge is 2.30. The lowest BCUT2D eigenvalue weighted by molar-refractivity contribution is -0.137. The van der Waals surface area contributed by atoms with Gasteiger partial charge in [-0.05, 0) is 30.3 Å². The zero-order valence-electron chi connectivity index (χ0n) is 13.6. The summed E-state index contributed by atoms with van der Waals surface area (Å²) in [6.45, 7) is 0.0327. The van der Waals surface area contributed by atoms with E-state index in [1.54, 1.807) is 6.07 Å². The number of halogens is 5. The van der Waals surface area contributed by atoms with Gasteiger partial charge in [0.05, 0.1) is 24.0 Å². The predicted octanol–water partition coefficient (Wildman–Crippen LogP) is 5.00. The van der Waals surface area contributed by atoms with Crippen LogP contribution in [0, 0.1) is 5.82 Å². The molecule has 0 aliphatic rings. The minimum Gasteiger partial charge on any atom is -0.319 e. The Morgan fingerprint density at radius 1 is 1.19 bits per heavy atom. The summed E-state index contributed by atoms with van der Waals surface area (Å²) in [5.74, 6) is -1.21. The number of amides is 1. The number of carbonyl (C=O) groups excluding carboxylic acids is 1. The van der Waals surface area contributed by atoms with Gasteiger partial charge in [-0.1, -0.05) is 23.7 Å². The molecule has 1 heterocycles. The SMILES string of the molecule is O=C(Nc1cnn(Cc2c(F)cccc2Cl)c1)c1cccc(C(F)(F)F)c1. The number of benzene rings is 2. The minimum atomic E-state index is -4.54. The zero-order chi connectivity index (χ0) is 19.6. The molecule has 0 saturated heterocycles. The Bertz CT molecular complexity index is 964. The maximum absolute atomic E-state index is 13.8. The van der Waals surface area contributed by atoms with Crippen LogP contribution < -0.4 is 5.32 Å². The topological polar surface area (TPSA) is 46.9 Å². The second-order valence-corrected chi connectivity index (χ2v) is 6.07. The average Bonchev–Trinajstić information content (AvgIpc) is 3.05. The molecule has 0 unspecified atom stereocenters. The summed E-state index contributed by atoms with van der Waals surface area (Å²) in [5, 5.41) is 6.69. The number of carbonyl (C=O) groups is 1. The molecule has 0 spiro atoms. The summed E-state index contributed by atoms with van der Waals surface area (Å²) in [4.78, 5) is 12.2. The van der Waals surface area contributed by atoms with Crippen LogP contribution in [0.25, 0.3) is 0 Å². The Hall–Kier alpha value is -2.87. The summed E-state index contributed by atoms with van der Waals surface area (Å²) < 4.78 is 53.4. The van der Waals surface area contributed by atoms with Gasteiger partial charge in [-0.3, -0.25) is 9.48 Å². The highest BCUT2D eigenvalue weighted by molar-refractivity contribution is 6.31. The van der Waals surface area contributed by atoms with Crippen LogP contribution in [0.3, 0.4) is 0 Å². The number of rotatable bonds is 4. The summed E-state index contributed by atoms with van der Waals surface area (Å²) in [5.41, 5.74) is -0.572. The quantitative estimate of drug-likeness (QED) is 0.630. The molecule has 0 bridgehead atoms. The molecule has 2 aromatic carbocycles. The van der Waals surface area contributed by atoms with Crippen LogP contribution in [0.15, 0.2) is 54.9 Å². The molecule has 1 amide bonds. The number of nitrogens with zero attached hydrogens (tertiary/aromatic N) is 2. The number of hydrogen-bond donors (Lipinski definition) is 1. The van der Waals surface area contributed by atoms with Gasteiger partial charge in [0.2, 0.25) is 0 Å². The maximum Gasteiger partial charge on any atom is 0.416 e. The monoisotopic (exact) mass is 397 g/mol. The van der Waals surface area contributed by atoms with E-state index in [1.165, 1.54) is 35.3 Å². The van der Waals surface area contributed by atoms with E-state index in [9.17, 15) is 22.4 Å². The fourth-order valence-corrected chi connectivity index (χ4v) is 2.62. The van der Waals surface area contributed by atoms with Gasteiger partial charge in [0.1, 0.15) is 5.82 Å². The van der Waals surface area contributed by atoms with Crippen molar-refractivity contribution in [2.24, 2.45) is 0 Å². The van der Waals surface area contributed by atoms with Crippen LogP contribution in [0.4, 0.5) is 23.2 Å². The zero-order valence-corrected chi connectivity index (χ0v) is 14.4. The van der Waals surface area contributed by atoms with E-state index in [0.29, 0.717) is 0 Å². The molecule has 0 atom stereocenters. The molecule has 3 rings (SSSR count). The van der Waals surface area contributed by atoms with Crippen LogP contribution >= 0.6 is 11.6 Å². The standard InChI is InChI=1S/C18H12ClF4N3O/c19-15-5-2-6-16(20)14(15)10-26-9-13(8-24-26)25-17(27)11-3-1-4-12(7-11)18(21,22)23/h1-9H,10H2,(H,25,27). The smallest absolute Gasteiger partial charge is 0.319 e. The molecule has 27 heavy (non-hydrogen) atoms. The Labute approximate surface area is 156 Å². The van der Waals surface area contributed by atoms with Crippen LogP contribution in [0.1, 0.15) is 21.5 Å². The lowest BCUT2D eigenvalue weighted by Gasteiger charge is -2.08. The van der Waals surface area contributed by atoms with Gasteiger partial charge in [0.25, 0.3) is 5.91 Å². The molecule has 1 aromatic heterocycles. The van der Waals surface area contributed by atoms with Gasteiger partial charge in [-0.15, -0.1) is 0 Å². The molecular formula is C18H12ClF4N3O. The molecule has 0 radical (unpaired) electrons. The highest BCUT2D eigenvalue weighted by atomic mass is 35.5. The van der Waals surface area contributed by atoms with E-state index in [-0.39, 0.29) is 28.4 Å². The van der Waals surface area contributed by atoms with Crippen LogP contribution in [0.2, 0.25) is 5.02 Å². The van der Waals surface area contributed by atoms with Crippen molar-refractivity contribution in [1.29, 1.82) is 0 Å². The van der Waals surface area contributed by atoms with Crippen molar-refractivity contribution in [2.75, 3.05) is 5.32 Å². The summed E-state index contributed by atoms with van der Waals surface area (Å²) in [6, 6.07) is 8.35. The summed E-state index contributed by atoms with van der Waals surface area (Å²) in [6.07, 6.45) is -1.81. The van der Waals surface area contributed by atoms with E-state index >= 15 is 0 Å². The molecule has 0 saturated carbocycles. The van der Waals surface area contributed by atoms with Gasteiger partial charge in [0.15, 0.2) is 0 Å². The summed E-state index contributed by atoms with van der Waals surface area (Å²) in [7, 11) is 0. The second-order valence-electron chi connectivity index (χ2n) is 5.66. The fraction of sp³-hybridized carbons (Fsp3) is 0.111. The van der Waals surface area contributed by atoms with Crippen molar-refractivity contribution < 1.29 is 22.4 Å². The third-order valence-corrected chi connectivity index (χ3v) is 4.08. The van der Waals surface area contributed by atoms with Crippen molar-refractivity contribution >= 4 is 23.2 Å². The van der Waals surface area contributed by atoms with E-state index in [2.05, 4.69) is 10.4 Å². The number of aromatic nitrogens is 2. The number of anilines is 1. The first-order valence-electron chi connectivity index (χ1n) is 7.68. The molecular weight excluding hydrogens is 386 g/mol. The van der Waals surface area contributed by atoms with Gasteiger partial charge < -0.3 is 5.32 Å². The lowest BCUT2D eigenvalue weighted by Crippen LogP contribution is -2.13. The average molecular weight is 398 g/mol. The van der Waals surface area contributed by atoms with Crippen molar-refractivity contribution in [3.63, 3.8) is 0 Å². The van der Waals surface area contributed by atoms with Crippen molar-refractivity contribution in [2.45, 2.75) is 12.7 Å². The first kappa shape index (κ1) is 18.9. The van der Waals surface area contributed by atoms with Crippen molar-refractivity contribution in [3.05, 3.63) is 82.4 Å². The Morgan fingerprint density at radius 2 is 1.93 bits per heavy atom. The molecule has 0 fully saturated rings.